The summed E-state index contributed by atoms with van der Waals surface area (Å²) in [5.41, 5.74) is 6.06. The Morgan fingerprint density at radius 3 is 2.54 bits per heavy atom. The summed E-state index contributed by atoms with van der Waals surface area (Å²) in [6.45, 7) is 0. The maximum atomic E-state index is 6.03. The molecule has 0 aliphatic rings. The highest BCUT2D eigenvalue weighted by molar-refractivity contribution is 7.13. The predicted molar refractivity (Wildman–Crippen MR) is 107 cm³/mol. The highest BCUT2D eigenvalue weighted by Crippen LogP contribution is 2.34. The van der Waals surface area contributed by atoms with E-state index in [2.05, 4.69) is 30.9 Å². The number of aromatic amines is 1. The number of benzene rings is 1. The van der Waals surface area contributed by atoms with Crippen LogP contribution < -0.4 is 5.32 Å². The predicted octanol–water partition coefficient (Wildman–Crippen LogP) is 4.88. The van der Waals surface area contributed by atoms with Gasteiger partial charge in [0.2, 0.25) is 0 Å². The number of thiazole rings is 1. The Morgan fingerprint density at radius 2 is 1.85 bits per heavy atom. The highest BCUT2D eigenvalue weighted by Gasteiger charge is 2.18. The van der Waals surface area contributed by atoms with E-state index in [0.717, 1.165) is 38.9 Å². The number of hydrogen-bond donors (Lipinski definition) is 2. The summed E-state index contributed by atoms with van der Waals surface area (Å²) < 4.78 is 0. The number of H-pyrrole nitrogens is 1. The van der Waals surface area contributed by atoms with Crippen LogP contribution in [0.5, 0.6) is 0 Å². The van der Waals surface area contributed by atoms with E-state index < -0.39 is 0 Å². The largest absolute Gasteiger partial charge is 0.365 e. The summed E-state index contributed by atoms with van der Waals surface area (Å²) in [4.78, 5) is 8.71. The van der Waals surface area contributed by atoms with Crippen molar-refractivity contribution in [3.8, 4) is 22.4 Å². The lowest BCUT2D eigenvalue weighted by molar-refractivity contribution is 0.979. The molecule has 26 heavy (non-hydrogen) atoms. The maximum absolute atomic E-state index is 6.03. The monoisotopic (exact) mass is 381 g/mol. The second kappa shape index (κ2) is 7.27. The number of halogens is 1. The lowest BCUT2D eigenvalue weighted by Crippen LogP contribution is -1.94. The molecule has 1 aromatic carbocycles. The third-order valence-corrected chi connectivity index (χ3v) is 5.21. The van der Waals surface area contributed by atoms with E-state index in [1.807, 2.05) is 43.4 Å². The zero-order valence-electron chi connectivity index (χ0n) is 14.0. The van der Waals surface area contributed by atoms with Gasteiger partial charge in [0, 0.05) is 53.1 Å². The Kier molecular flexibility index (Phi) is 4.69. The fraction of sp³-hybridized carbons (Fsp3) is 0.105. The molecule has 7 heteroatoms. The molecule has 3 aromatic heterocycles. The summed E-state index contributed by atoms with van der Waals surface area (Å²) in [6, 6.07) is 11.7. The number of aromatic nitrogens is 4. The van der Waals surface area contributed by atoms with Crippen molar-refractivity contribution < 1.29 is 0 Å². The second-order valence-corrected chi connectivity index (χ2v) is 7.03. The number of nitrogens with zero attached hydrogens (tertiary/aromatic N) is 3. The fourth-order valence-electron chi connectivity index (χ4n) is 2.84. The molecule has 130 valence electrons. The zero-order valence-corrected chi connectivity index (χ0v) is 15.6. The second-order valence-electron chi connectivity index (χ2n) is 5.74. The van der Waals surface area contributed by atoms with Gasteiger partial charge < -0.3 is 5.32 Å². The average molecular weight is 382 g/mol. The van der Waals surface area contributed by atoms with E-state index in [9.17, 15) is 0 Å². The first kappa shape index (κ1) is 16.8. The Morgan fingerprint density at radius 1 is 1.08 bits per heavy atom. The first-order chi connectivity index (χ1) is 12.7. The van der Waals surface area contributed by atoms with Crippen LogP contribution in [0.4, 0.5) is 5.13 Å². The molecule has 0 unspecified atom stereocenters. The SMILES string of the molecule is CNc1nc(Cc2[nH]nc(-c3ccc(Cl)cc3)c2-c2ccncc2)cs1. The highest BCUT2D eigenvalue weighted by atomic mass is 35.5. The van der Waals surface area contributed by atoms with Crippen molar-refractivity contribution in [2.45, 2.75) is 6.42 Å². The zero-order chi connectivity index (χ0) is 17.9. The van der Waals surface area contributed by atoms with E-state index in [-0.39, 0.29) is 0 Å². The van der Waals surface area contributed by atoms with E-state index in [1.165, 1.54) is 0 Å². The van der Waals surface area contributed by atoms with Crippen molar-refractivity contribution in [3.05, 3.63) is 70.6 Å². The lowest BCUT2D eigenvalue weighted by atomic mass is 9.98. The lowest BCUT2D eigenvalue weighted by Gasteiger charge is -2.06. The van der Waals surface area contributed by atoms with Crippen molar-refractivity contribution in [3.63, 3.8) is 0 Å². The third kappa shape index (κ3) is 3.34. The number of anilines is 1. The summed E-state index contributed by atoms with van der Waals surface area (Å²) in [5, 5.41) is 14.5. The van der Waals surface area contributed by atoms with Gasteiger partial charge in [-0.05, 0) is 29.8 Å². The topological polar surface area (TPSA) is 66.5 Å². The van der Waals surface area contributed by atoms with Crippen LogP contribution in [0.15, 0.2) is 54.2 Å². The molecule has 5 nitrogen and oxygen atoms in total. The van der Waals surface area contributed by atoms with E-state index in [1.54, 1.807) is 23.7 Å². The van der Waals surface area contributed by atoms with E-state index in [0.29, 0.717) is 11.4 Å². The number of rotatable bonds is 5. The maximum Gasteiger partial charge on any atom is 0.182 e. The van der Waals surface area contributed by atoms with Crippen LogP contribution in [-0.2, 0) is 6.42 Å². The minimum Gasteiger partial charge on any atom is -0.365 e. The van der Waals surface area contributed by atoms with Crippen molar-refractivity contribution in [2.75, 3.05) is 12.4 Å². The van der Waals surface area contributed by atoms with Gasteiger partial charge >= 0.3 is 0 Å². The summed E-state index contributed by atoms with van der Waals surface area (Å²) >= 11 is 7.63. The fourth-order valence-corrected chi connectivity index (χ4v) is 3.63. The molecule has 4 aromatic rings. The molecule has 0 spiro atoms. The Labute approximate surface area is 160 Å². The minimum atomic E-state index is 0.677. The molecule has 3 heterocycles. The minimum absolute atomic E-state index is 0.677. The number of hydrogen-bond acceptors (Lipinski definition) is 5. The Bertz CT molecular complexity index is 1010. The Hall–Kier alpha value is -2.70. The number of pyridine rings is 1. The van der Waals surface area contributed by atoms with Gasteiger partial charge in [-0.3, -0.25) is 10.1 Å². The number of nitrogens with one attached hydrogen (secondary N) is 2. The quantitative estimate of drug-likeness (QED) is 0.517. The molecule has 0 aliphatic carbocycles. The van der Waals surface area contributed by atoms with Gasteiger partial charge in [0.25, 0.3) is 0 Å². The van der Waals surface area contributed by atoms with Crippen molar-refractivity contribution in [2.24, 2.45) is 0 Å². The van der Waals surface area contributed by atoms with E-state index in [4.69, 9.17) is 11.6 Å². The van der Waals surface area contributed by atoms with Crippen LogP contribution in [-0.4, -0.2) is 27.2 Å². The first-order valence-electron chi connectivity index (χ1n) is 8.10. The van der Waals surface area contributed by atoms with Gasteiger partial charge in [0.15, 0.2) is 5.13 Å². The van der Waals surface area contributed by atoms with Gasteiger partial charge in [0.1, 0.15) is 5.69 Å². The van der Waals surface area contributed by atoms with Crippen LogP contribution in [0.1, 0.15) is 11.4 Å². The van der Waals surface area contributed by atoms with Crippen LogP contribution in [0.3, 0.4) is 0 Å². The van der Waals surface area contributed by atoms with Crippen molar-refractivity contribution in [1.82, 2.24) is 20.2 Å². The molecule has 2 N–H and O–H groups in total. The first-order valence-corrected chi connectivity index (χ1v) is 9.36. The standard InChI is InChI=1S/C19H16ClN5S/c1-21-19-23-15(11-26-19)10-16-17(12-6-8-22-9-7-12)18(25-24-16)13-2-4-14(20)5-3-13/h2-9,11H,10H2,1H3,(H,21,23)(H,24,25). The average Bonchev–Trinajstić information content (AvgIpc) is 3.30. The molecule has 0 amide bonds. The smallest absolute Gasteiger partial charge is 0.182 e. The molecular weight excluding hydrogens is 366 g/mol. The molecule has 0 bridgehead atoms. The normalized spacial score (nSPS) is 10.8. The van der Waals surface area contributed by atoms with Gasteiger partial charge in [-0.15, -0.1) is 11.3 Å². The van der Waals surface area contributed by atoms with E-state index >= 15 is 0 Å². The summed E-state index contributed by atoms with van der Waals surface area (Å²) in [6.07, 6.45) is 4.26. The third-order valence-electron chi connectivity index (χ3n) is 4.05. The van der Waals surface area contributed by atoms with Gasteiger partial charge in [0.05, 0.1) is 5.69 Å². The van der Waals surface area contributed by atoms with Gasteiger partial charge in [-0.25, -0.2) is 4.98 Å². The van der Waals surface area contributed by atoms with Crippen LogP contribution in [0.2, 0.25) is 5.02 Å². The molecule has 4 rings (SSSR count). The molecule has 0 fully saturated rings. The van der Waals surface area contributed by atoms with Crippen molar-refractivity contribution >= 4 is 28.1 Å². The molecule has 0 saturated carbocycles. The molecular formula is C19H16ClN5S. The molecule has 0 atom stereocenters. The van der Waals surface area contributed by atoms with Crippen LogP contribution >= 0.6 is 22.9 Å². The van der Waals surface area contributed by atoms with Gasteiger partial charge in [-0.1, -0.05) is 23.7 Å². The van der Waals surface area contributed by atoms with Crippen LogP contribution in [0, 0.1) is 0 Å². The summed E-state index contributed by atoms with van der Waals surface area (Å²) in [7, 11) is 1.87. The molecule has 0 saturated heterocycles. The molecule has 0 aliphatic heterocycles. The van der Waals surface area contributed by atoms with Crippen LogP contribution in [0.25, 0.3) is 22.4 Å². The van der Waals surface area contributed by atoms with Gasteiger partial charge in [-0.2, -0.15) is 5.10 Å². The van der Waals surface area contributed by atoms with Crippen molar-refractivity contribution in [1.29, 1.82) is 0 Å². The summed E-state index contributed by atoms with van der Waals surface area (Å²) in [5.74, 6) is 0. The molecule has 0 radical (unpaired) electrons. The Balaban J connectivity index is 1.80.